The maximum atomic E-state index is 12.6. The summed E-state index contributed by atoms with van der Waals surface area (Å²) < 4.78 is 37.9. The van der Waals surface area contributed by atoms with E-state index in [9.17, 15) is 13.2 Å². The quantitative estimate of drug-likeness (QED) is 0.815. The molecule has 2 rings (SSSR count). The summed E-state index contributed by atoms with van der Waals surface area (Å²) in [6.07, 6.45) is -4.28. The molecule has 0 radical (unpaired) electrons. The highest BCUT2D eigenvalue weighted by Gasteiger charge is 2.30. The molecule has 1 aromatic carbocycles. The minimum absolute atomic E-state index is 0.483. The average molecular weight is 270 g/mol. The molecule has 0 atom stereocenters. The van der Waals surface area contributed by atoms with E-state index in [1.165, 1.54) is 12.1 Å². The molecule has 0 aliphatic carbocycles. The Bertz CT molecular complexity index is 468. The van der Waals surface area contributed by atoms with E-state index in [0.717, 1.165) is 31.4 Å². The maximum absolute atomic E-state index is 12.6. The van der Waals surface area contributed by atoms with Crippen LogP contribution >= 0.6 is 0 Å². The number of hydrogen-bond donors (Lipinski definition) is 0. The SMILES string of the molecule is C=C1CN(C)CCN1Cc1cccc(C(F)(F)F)c1. The molecule has 1 saturated heterocycles. The van der Waals surface area contributed by atoms with Crippen molar-refractivity contribution in [1.29, 1.82) is 0 Å². The number of alkyl halides is 3. The summed E-state index contributed by atoms with van der Waals surface area (Å²) >= 11 is 0. The van der Waals surface area contributed by atoms with Crippen molar-refractivity contribution in [3.8, 4) is 0 Å². The predicted molar refractivity (Wildman–Crippen MR) is 68.5 cm³/mol. The highest BCUT2D eigenvalue weighted by atomic mass is 19.4. The number of rotatable bonds is 2. The zero-order valence-electron chi connectivity index (χ0n) is 10.9. The van der Waals surface area contributed by atoms with E-state index in [0.29, 0.717) is 12.1 Å². The van der Waals surface area contributed by atoms with Crippen LogP contribution in [0.15, 0.2) is 36.5 Å². The Kier molecular flexibility index (Phi) is 3.85. The molecule has 0 amide bonds. The van der Waals surface area contributed by atoms with E-state index in [4.69, 9.17) is 0 Å². The zero-order valence-corrected chi connectivity index (χ0v) is 10.9. The Balaban J connectivity index is 2.09. The normalized spacial score (nSPS) is 17.9. The lowest BCUT2D eigenvalue weighted by atomic mass is 10.1. The molecule has 0 bridgehead atoms. The van der Waals surface area contributed by atoms with E-state index < -0.39 is 11.7 Å². The second kappa shape index (κ2) is 5.25. The Labute approximate surface area is 111 Å². The zero-order chi connectivity index (χ0) is 14.0. The van der Waals surface area contributed by atoms with Crippen LogP contribution in [0.25, 0.3) is 0 Å². The van der Waals surface area contributed by atoms with Gasteiger partial charge in [-0.1, -0.05) is 18.7 Å². The van der Waals surface area contributed by atoms with Gasteiger partial charge in [-0.05, 0) is 24.7 Å². The van der Waals surface area contributed by atoms with Gasteiger partial charge in [0.15, 0.2) is 0 Å². The minimum atomic E-state index is -4.28. The molecule has 1 aliphatic heterocycles. The van der Waals surface area contributed by atoms with Crippen molar-refractivity contribution < 1.29 is 13.2 Å². The van der Waals surface area contributed by atoms with Gasteiger partial charge in [0.05, 0.1) is 5.56 Å². The summed E-state index contributed by atoms with van der Waals surface area (Å²) in [5.74, 6) is 0. The van der Waals surface area contributed by atoms with E-state index in [1.807, 2.05) is 11.9 Å². The largest absolute Gasteiger partial charge is 0.416 e. The van der Waals surface area contributed by atoms with Crippen molar-refractivity contribution in [2.24, 2.45) is 0 Å². The molecular weight excluding hydrogens is 253 g/mol. The first kappa shape index (κ1) is 13.9. The van der Waals surface area contributed by atoms with Gasteiger partial charge in [0.25, 0.3) is 0 Å². The van der Waals surface area contributed by atoms with Crippen LogP contribution in [0.1, 0.15) is 11.1 Å². The van der Waals surface area contributed by atoms with Gasteiger partial charge in [-0.3, -0.25) is 4.90 Å². The first-order chi connectivity index (χ1) is 8.86. The summed E-state index contributed by atoms with van der Waals surface area (Å²) in [5.41, 5.74) is 1.02. The van der Waals surface area contributed by atoms with Crippen LogP contribution in [0, 0.1) is 0 Å². The monoisotopic (exact) mass is 270 g/mol. The highest BCUT2D eigenvalue weighted by molar-refractivity contribution is 5.26. The van der Waals surface area contributed by atoms with Gasteiger partial charge < -0.3 is 4.90 Å². The lowest BCUT2D eigenvalue weighted by Crippen LogP contribution is -2.41. The summed E-state index contributed by atoms with van der Waals surface area (Å²) in [5, 5.41) is 0. The van der Waals surface area contributed by atoms with Crippen molar-refractivity contribution in [3.63, 3.8) is 0 Å². The van der Waals surface area contributed by atoms with Crippen LogP contribution in [-0.2, 0) is 12.7 Å². The third kappa shape index (κ3) is 3.50. The molecule has 0 N–H and O–H groups in total. The molecule has 1 aliphatic rings. The summed E-state index contributed by atoms with van der Waals surface area (Å²) in [6.45, 7) is 6.92. The smallest absolute Gasteiger partial charge is 0.369 e. The van der Waals surface area contributed by atoms with Crippen LogP contribution in [-0.4, -0.2) is 36.5 Å². The van der Waals surface area contributed by atoms with Crippen molar-refractivity contribution in [3.05, 3.63) is 47.7 Å². The average Bonchev–Trinajstić information content (AvgIpc) is 2.32. The fourth-order valence-electron chi connectivity index (χ4n) is 2.20. The van der Waals surface area contributed by atoms with Gasteiger partial charge in [0.2, 0.25) is 0 Å². The molecule has 0 unspecified atom stereocenters. The third-order valence-electron chi connectivity index (χ3n) is 3.28. The van der Waals surface area contributed by atoms with Gasteiger partial charge in [-0.25, -0.2) is 0 Å². The van der Waals surface area contributed by atoms with Crippen LogP contribution < -0.4 is 0 Å². The molecule has 19 heavy (non-hydrogen) atoms. The van der Waals surface area contributed by atoms with Crippen LogP contribution in [0.3, 0.4) is 0 Å². The molecule has 0 spiro atoms. The van der Waals surface area contributed by atoms with E-state index >= 15 is 0 Å². The number of piperazine rings is 1. The molecule has 1 aromatic rings. The minimum Gasteiger partial charge on any atom is -0.369 e. The van der Waals surface area contributed by atoms with Crippen LogP contribution in [0.4, 0.5) is 13.2 Å². The molecule has 5 heteroatoms. The Hall–Kier alpha value is -1.49. The third-order valence-corrected chi connectivity index (χ3v) is 3.28. The predicted octanol–water partition coefficient (Wildman–Crippen LogP) is 2.97. The highest BCUT2D eigenvalue weighted by Crippen LogP contribution is 2.30. The first-order valence-corrected chi connectivity index (χ1v) is 6.13. The molecule has 1 heterocycles. The van der Waals surface area contributed by atoms with Gasteiger partial charge in [-0.2, -0.15) is 13.2 Å². The van der Waals surface area contributed by atoms with Gasteiger partial charge in [0, 0.05) is 31.9 Å². The Morgan fingerprint density at radius 1 is 1.26 bits per heavy atom. The summed E-state index contributed by atoms with van der Waals surface area (Å²) in [7, 11) is 2.01. The number of nitrogens with zero attached hydrogens (tertiary/aromatic N) is 2. The summed E-state index contributed by atoms with van der Waals surface area (Å²) in [6, 6.07) is 5.49. The molecular formula is C14H17F3N2. The molecule has 1 fully saturated rings. The second-order valence-corrected chi connectivity index (χ2v) is 4.92. The molecule has 0 saturated carbocycles. The molecule has 0 aromatic heterocycles. The number of hydrogen-bond acceptors (Lipinski definition) is 2. The molecule has 2 nitrogen and oxygen atoms in total. The number of likely N-dealkylation sites (N-methyl/N-ethyl adjacent to an activating group) is 1. The van der Waals surface area contributed by atoms with Crippen molar-refractivity contribution in [2.75, 3.05) is 26.7 Å². The number of halogens is 3. The van der Waals surface area contributed by atoms with Crippen molar-refractivity contribution >= 4 is 0 Å². The molecule has 104 valence electrons. The Morgan fingerprint density at radius 3 is 2.63 bits per heavy atom. The van der Waals surface area contributed by atoms with Crippen molar-refractivity contribution in [1.82, 2.24) is 9.80 Å². The van der Waals surface area contributed by atoms with Crippen LogP contribution in [0.5, 0.6) is 0 Å². The van der Waals surface area contributed by atoms with E-state index in [-0.39, 0.29) is 0 Å². The van der Waals surface area contributed by atoms with Gasteiger partial charge in [-0.15, -0.1) is 0 Å². The number of benzene rings is 1. The Morgan fingerprint density at radius 2 is 2.00 bits per heavy atom. The first-order valence-electron chi connectivity index (χ1n) is 6.13. The fourth-order valence-corrected chi connectivity index (χ4v) is 2.20. The fraction of sp³-hybridized carbons (Fsp3) is 0.429. The van der Waals surface area contributed by atoms with Crippen molar-refractivity contribution in [2.45, 2.75) is 12.7 Å². The lowest BCUT2D eigenvalue weighted by molar-refractivity contribution is -0.137. The van der Waals surface area contributed by atoms with Gasteiger partial charge >= 0.3 is 6.18 Å². The van der Waals surface area contributed by atoms with Gasteiger partial charge in [0.1, 0.15) is 0 Å². The standard InChI is InChI=1S/C14H17F3N2/c1-11-9-18(2)6-7-19(11)10-12-4-3-5-13(8-12)14(15,16)17/h3-5,8H,1,6-7,9-10H2,2H3. The maximum Gasteiger partial charge on any atom is 0.416 e. The van der Waals surface area contributed by atoms with E-state index in [1.54, 1.807) is 6.07 Å². The topological polar surface area (TPSA) is 6.48 Å². The second-order valence-electron chi connectivity index (χ2n) is 4.92. The van der Waals surface area contributed by atoms with E-state index in [2.05, 4.69) is 11.5 Å². The summed E-state index contributed by atoms with van der Waals surface area (Å²) in [4.78, 5) is 4.18. The van der Waals surface area contributed by atoms with Crippen LogP contribution in [0.2, 0.25) is 0 Å². The lowest BCUT2D eigenvalue weighted by Gasteiger charge is -2.36.